The Morgan fingerprint density at radius 2 is 2.00 bits per heavy atom. The molecule has 0 aliphatic carbocycles. The summed E-state index contributed by atoms with van der Waals surface area (Å²) in [6.45, 7) is 7.08. The fourth-order valence-corrected chi connectivity index (χ4v) is 3.85. The lowest BCUT2D eigenvalue weighted by Crippen LogP contribution is -2.02. The molecule has 0 amide bonds. The fraction of sp³-hybridized carbons (Fsp3) is 0.190. The van der Waals surface area contributed by atoms with Crippen LogP contribution in [0.3, 0.4) is 0 Å². The van der Waals surface area contributed by atoms with E-state index in [0.717, 1.165) is 33.6 Å². The molecule has 0 aliphatic heterocycles. The highest BCUT2D eigenvalue weighted by molar-refractivity contribution is 7.98. The van der Waals surface area contributed by atoms with Gasteiger partial charge in [0.2, 0.25) is 0 Å². The van der Waals surface area contributed by atoms with Crippen molar-refractivity contribution in [2.45, 2.75) is 24.4 Å². The molecule has 3 heterocycles. The van der Waals surface area contributed by atoms with Gasteiger partial charge in [-0.05, 0) is 31.2 Å². The Morgan fingerprint density at radius 1 is 1.14 bits per heavy atom. The maximum atomic E-state index is 5.77. The quantitative estimate of drug-likeness (QED) is 0.328. The van der Waals surface area contributed by atoms with Gasteiger partial charge in [-0.15, -0.1) is 16.8 Å². The Labute approximate surface area is 167 Å². The van der Waals surface area contributed by atoms with E-state index in [9.17, 15) is 0 Å². The van der Waals surface area contributed by atoms with Gasteiger partial charge >= 0.3 is 0 Å². The van der Waals surface area contributed by atoms with Crippen molar-refractivity contribution >= 4 is 17.4 Å². The summed E-state index contributed by atoms with van der Waals surface area (Å²) in [4.78, 5) is 4.65. The minimum Gasteiger partial charge on any atom is -0.493 e. The van der Waals surface area contributed by atoms with E-state index in [1.54, 1.807) is 11.8 Å². The van der Waals surface area contributed by atoms with E-state index in [1.165, 1.54) is 0 Å². The van der Waals surface area contributed by atoms with Gasteiger partial charge in [-0.1, -0.05) is 36.0 Å². The molecule has 3 aromatic heterocycles. The van der Waals surface area contributed by atoms with E-state index in [4.69, 9.17) is 4.74 Å². The van der Waals surface area contributed by atoms with E-state index in [-0.39, 0.29) is 0 Å². The molecular weight excluding hydrogens is 370 g/mol. The van der Waals surface area contributed by atoms with E-state index >= 15 is 0 Å². The molecule has 0 saturated heterocycles. The van der Waals surface area contributed by atoms with Crippen molar-refractivity contribution in [2.75, 3.05) is 6.61 Å². The Hall–Kier alpha value is -3.06. The average Bonchev–Trinajstić information content (AvgIpc) is 3.31. The summed E-state index contributed by atoms with van der Waals surface area (Å²) >= 11 is 1.61. The van der Waals surface area contributed by atoms with Crippen molar-refractivity contribution in [1.82, 2.24) is 24.1 Å². The first kappa shape index (κ1) is 18.3. The summed E-state index contributed by atoms with van der Waals surface area (Å²) < 4.78 is 9.85. The second-order valence-electron chi connectivity index (χ2n) is 6.12. The number of imidazole rings is 1. The van der Waals surface area contributed by atoms with E-state index in [0.29, 0.717) is 18.9 Å². The SMILES string of the molecule is C=CCn1c(SCc2cn3ccccc3n2)nnc1-c1ccccc1OCC. The van der Waals surface area contributed by atoms with Crippen molar-refractivity contribution in [3.63, 3.8) is 0 Å². The maximum absolute atomic E-state index is 5.77. The minimum absolute atomic E-state index is 0.599. The number of nitrogens with zero attached hydrogens (tertiary/aromatic N) is 5. The monoisotopic (exact) mass is 391 g/mol. The van der Waals surface area contributed by atoms with Crippen LogP contribution in [0.1, 0.15) is 12.6 Å². The van der Waals surface area contributed by atoms with Crippen molar-refractivity contribution in [3.8, 4) is 17.1 Å². The van der Waals surface area contributed by atoms with Gasteiger partial charge in [0.25, 0.3) is 0 Å². The Kier molecular flexibility index (Phi) is 5.43. The van der Waals surface area contributed by atoms with Gasteiger partial charge in [-0.2, -0.15) is 0 Å². The molecular formula is C21H21N5OS. The molecule has 0 atom stereocenters. The molecule has 1 aromatic carbocycles. The summed E-state index contributed by atoms with van der Waals surface area (Å²) in [6, 6.07) is 13.9. The molecule has 0 bridgehead atoms. The lowest BCUT2D eigenvalue weighted by molar-refractivity contribution is 0.341. The van der Waals surface area contributed by atoms with Crippen LogP contribution in [0, 0.1) is 0 Å². The molecule has 0 radical (unpaired) electrons. The fourth-order valence-electron chi connectivity index (χ4n) is 3.02. The van der Waals surface area contributed by atoms with Crippen LogP contribution in [0.5, 0.6) is 5.75 Å². The number of benzene rings is 1. The van der Waals surface area contributed by atoms with Crippen molar-refractivity contribution in [3.05, 3.63) is 73.2 Å². The molecule has 0 N–H and O–H groups in total. The van der Waals surface area contributed by atoms with Crippen LogP contribution < -0.4 is 4.74 Å². The number of fused-ring (bicyclic) bond motifs is 1. The maximum Gasteiger partial charge on any atom is 0.192 e. The summed E-state index contributed by atoms with van der Waals surface area (Å²) in [7, 11) is 0. The van der Waals surface area contributed by atoms with Gasteiger partial charge in [0, 0.05) is 24.7 Å². The summed E-state index contributed by atoms with van der Waals surface area (Å²) in [5.41, 5.74) is 2.87. The van der Waals surface area contributed by atoms with Crippen LogP contribution in [0.4, 0.5) is 0 Å². The third-order valence-electron chi connectivity index (χ3n) is 4.22. The molecule has 4 aromatic rings. The number of pyridine rings is 1. The third-order valence-corrected chi connectivity index (χ3v) is 5.22. The Morgan fingerprint density at radius 3 is 2.82 bits per heavy atom. The average molecular weight is 392 g/mol. The molecule has 0 spiro atoms. The summed E-state index contributed by atoms with van der Waals surface area (Å²) in [5, 5.41) is 9.69. The number of thioether (sulfide) groups is 1. The molecule has 142 valence electrons. The first-order valence-corrected chi connectivity index (χ1v) is 10.1. The summed E-state index contributed by atoms with van der Waals surface area (Å²) in [6.07, 6.45) is 5.90. The molecule has 0 unspecified atom stereocenters. The lowest BCUT2D eigenvalue weighted by atomic mass is 10.2. The zero-order valence-corrected chi connectivity index (χ0v) is 16.5. The normalized spacial score (nSPS) is 11.0. The van der Waals surface area contributed by atoms with Crippen LogP contribution in [-0.2, 0) is 12.3 Å². The highest BCUT2D eigenvalue weighted by atomic mass is 32.2. The lowest BCUT2D eigenvalue weighted by Gasteiger charge is -2.11. The van der Waals surface area contributed by atoms with Crippen molar-refractivity contribution < 1.29 is 4.74 Å². The zero-order chi connectivity index (χ0) is 19.3. The number of allylic oxidation sites excluding steroid dienone is 1. The van der Waals surface area contributed by atoms with Crippen LogP contribution >= 0.6 is 11.8 Å². The topological polar surface area (TPSA) is 57.2 Å². The number of hydrogen-bond acceptors (Lipinski definition) is 5. The second kappa shape index (κ2) is 8.31. The smallest absolute Gasteiger partial charge is 0.192 e. The van der Waals surface area contributed by atoms with Gasteiger partial charge in [0.15, 0.2) is 11.0 Å². The second-order valence-corrected chi connectivity index (χ2v) is 7.06. The van der Waals surface area contributed by atoms with Gasteiger partial charge < -0.3 is 9.14 Å². The van der Waals surface area contributed by atoms with Gasteiger partial charge in [0.05, 0.1) is 17.9 Å². The van der Waals surface area contributed by atoms with Gasteiger partial charge in [-0.3, -0.25) is 4.57 Å². The van der Waals surface area contributed by atoms with Crippen molar-refractivity contribution in [1.29, 1.82) is 0 Å². The van der Waals surface area contributed by atoms with Crippen LogP contribution in [0.25, 0.3) is 17.0 Å². The molecule has 28 heavy (non-hydrogen) atoms. The number of rotatable bonds is 8. The van der Waals surface area contributed by atoms with E-state index in [2.05, 4.69) is 26.3 Å². The van der Waals surface area contributed by atoms with Crippen LogP contribution in [0.2, 0.25) is 0 Å². The Balaban J connectivity index is 1.62. The number of para-hydroxylation sites is 1. The third kappa shape index (κ3) is 3.66. The molecule has 0 aliphatic rings. The first-order chi connectivity index (χ1) is 13.8. The molecule has 0 saturated carbocycles. The van der Waals surface area contributed by atoms with Crippen LogP contribution in [0.15, 0.2) is 72.7 Å². The number of hydrogen-bond donors (Lipinski definition) is 0. The largest absolute Gasteiger partial charge is 0.493 e. The highest BCUT2D eigenvalue weighted by Gasteiger charge is 2.17. The molecule has 0 fully saturated rings. The predicted molar refractivity (Wildman–Crippen MR) is 112 cm³/mol. The molecule has 6 nitrogen and oxygen atoms in total. The minimum atomic E-state index is 0.599. The first-order valence-electron chi connectivity index (χ1n) is 9.12. The van der Waals surface area contributed by atoms with E-state index < -0.39 is 0 Å². The van der Waals surface area contributed by atoms with Crippen molar-refractivity contribution in [2.24, 2.45) is 0 Å². The summed E-state index contributed by atoms with van der Waals surface area (Å²) in [5.74, 6) is 2.30. The van der Waals surface area contributed by atoms with Crippen LogP contribution in [-0.4, -0.2) is 30.8 Å². The Bertz CT molecular complexity index is 1070. The van der Waals surface area contributed by atoms with E-state index in [1.807, 2.05) is 72.3 Å². The predicted octanol–water partition coefficient (Wildman–Crippen LogP) is 4.47. The molecule has 4 rings (SSSR count). The number of aromatic nitrogens is 5. The zero-order valence-electron chi connectivity index (χ0n) is 15.7. The molecule has 7 heteroatoms. The highest BCUT2D eigenvalue weighted by Crippen LogP contribution is 2.32. The van der Waals surface area contributed by atoms with Gasteiger partial charge in [-0.25, -0.2) is 4.98 Å². The standard InChI is InChI=1S/C21H21N5OS/c1-3-12-26-20(17-9-5-6-10-18(17)27-4-2)23-24-21(26)28-15-16-14-25-13-8-7-11-19(25)22-16/h3,5-11,13-14H,1,4,12,15H2,2H3. The number of ether oxygens (including phenoxy) is 1. The van der Waals surface area contributed by atoms with Gasteiger partial charge in [0.1, 0.15) is 11.4 Å².